The number of hydrogen-bond donors (Lipinski definition) is 0. The number of allylic oxidation sites excluding steroid dienone is 1. The van der Waals surface area contributed by atoms with Gasteiger partial charge in [0.15, 0.2) is 6.61 Å². The van der Waals surface area contributed by atoms with E-state index in [1.54, 1.807) is 23.2 Å². The van der Waals surface area contributed by atoms with Crippen LogP contribution in [0.1, 0.15) is 50.3 Å². The number of ether oxygens (including phenoxy) is 3. The van der Waals surface area contributed by atoms with Gasteiger partial charge in [-0.1, -0.05) is 47.5 Å². The lowest BCUT2D eigenvalue weighted by Crippen LogP contribution is -2.34. The van der Waals surface area contributed by atoms with Crippen molar-refractivity contribution in [3.05, 3.63) is 93.5 Å². The van der Waals surface area contributed by atoms with Crippen molar-refractivity contribution in [1.29, 1.82) is 0 Å². The molecule has 1 saturated carbocycles. The van der Waals surface area contributed by atoms with Crippen molar-refractivity contribution in [3.63, 3.8) is 0 Å². The van der Waals surface area contributed by atoms with Crippen LogP contribution in [0.4, 0.5) is 0 Å². The van der Waals surface area contributed by atoms with E-state index in [1.807, 2.05) is 62.4 Å². The van der Waals surface area contributed by atoms with Crippen LogP contribution in [-0.2, 0) is 4.79 Å². The number of benzene rings is 3. The van der Waals surface area contributed by atoms with Gasteiger partial charge in [-0.2, -0.15) is 5.10 Å². The SMILES string of the molecule is CCOc1ccc(/C=C2\CCCC3C2=NN(C(=O)COc2ccc(Cl)cc2Cl)C3c2ccc(OCC)cc2)cc1. The van der Waals surface area contributed by atoms with E-state index in [0.717, 1.165) is 53.2 Å². The van der Waals surface area contributed by atoms with Crippen LogP contribution in [0.2, 0.25) is 10.0 Å². The first-order valence-corrected chi connectivity index (χ1v) is 14.4. The fourth-order valence-electron chi connectivity index (χ4n) is 5.29. The molecule has 8 heteroatoms. The van der Waals surface area contributed by atoms with Gasteiger partial charge < -0.3 is 14.2 Å². The molecule has 1 fully saturated rings. The molecule has 0 bridgehead atoms. The summed E-state index contributed by atoms with van der Waals surface area (Å²) in [5.41, 5.74) is 4.18. The maximum Gasteiger partial charge on any atom is 0.281 e. The van der Waals surface area contributed by atoms with Gasteiger partial charge in [0.1, 0.15) is 17.2 Å². The van der Waals surface area contributed by atoms with Crippen LogP contribution in [0, 0.1) is 5.92 Å². The molecule has 0 radical (unpaired) electrons. The third-order valence-electron chi connectivity index (χ3n) is 7.07. The molecule has 1 amide bonds. The normalized spacial score (nSPS) is 19.2. The Labute approximate surface area is 245 Å². The van der Waals surface area contributed by atoms with Crippen LogP contribution in [-0.4, -0.2) is 36.4 Å². The molecular weight excluding hydrogens is 547 g/mol. The molecule has 1 aliphatic heterocycles. The van der Waals surface area contributed by atoms with E-state index < -0.39 is 0 Å². The van der Waals surface area contributed by atoms with Gasteiger partial charge in [0.2, 0.25) is 0 Å². The fraction of sp³-hybridized carbons (Fsp3) is 0.312. The first-order chi connectivity index (χ1) is 19.5. The highest BCUT2D eigenvalue weighted by Gasteiger charge is 2.43. The first kappa shape index (κ1) is 28.1. The maximum atomic E-state index is 13.6. The largest absolute Gasteiger partial charge is 0.494 e. The Hall–Kier alpha value is -3.48. The quantitative estimate of drug-likeness (QED) is 0.258. The van der Waals surface area contributed by atoms with Gasteiger partial charge in [-0.05, 0) is 98.4 Å². The molecule has 2 unspecified atom stereocenters. The predicted octanol–water partition coefficient (Wildman–Crippen LogP) is 7.99. The van der Waals surface area contributed by atoms with Gasteiger partial charge in [0, 0.05) is 10.9 Å². The lowest BCUT2D eigenvalue weighted by atomic mass is 9.77. The van der Waals surface area contributed by atoms with E-state index in [9.17, 15) is 4.79 Å². The number of nitrogens with zero attached hydrogens (tertiary/aromatic N) is 2. The second-order valence-corrected chi connectivity index (χ2v) is 10.5. The monoisotopic (exact) mass is 578 g/mol. The number of carbonyl (C=O) groups excluding carboxylic acids is 1. The minimum atomic E-state index is -0.244. The number of halogens is 2. The van der Waals surface area contributed by atoms with E-state index in [2.05, 4.69) is 6.08 Å². The van der Waals surface area contributed by atoms with Gasteiger partial charge >= 0.3 is 0 Å². The molecular formula is C32H32Cl2N2O4. The van der Waals surface area contributed by atoms with Crippen molar-refractivity contribution in [1.82, 2.24) is 5.01 Å². The average molecular weight is 580 g/mol. The van der Waals surface area contributed by atoms with E-state index in [4.69, 9.17) is 42.5 Å². The van der Waals surface area contributed by atoms with Crippen molar-refractivity contribution in [3.8, 4) is 17.2 Å². The van der Waals surface area contributed by atoms with Crippen LogP contribution in [0.15, 0.2) is 77.4 Å². The molecule has 40 heavy (non-hydrogen) atoms. The van der Waals surface area contributed by atoms with Crippen molar-refractivity contribution in [2.24, 2.45) is 11.0 Å². The van der Waals surface area contributed by atoms with E-state index in [-0.39, 0.29) is 24.5 Å². The minimum Gasteiger partial charge on any atom is -0.494 e. The summed E-state index contributed by atoms with van der Waals surface area (Å²) in [6.45, 7) is 4.95. The number of rotatable bonds is 9. The van der Waals surface area contributed by atoms with Crippen LogP contribution < -0.4 is 14.2 Å². The Balaban J connectivity index is 1.44. The summed E-state index contributed by atoms with van der Waals surface area (Å²) in [4.78, 5) is 13.6. The smallest absolute Gasteiger partial charge is 0.281 e. The number of carbonyl (C=O) groups is 1. The van der Waals surface area contributed by atoms with Crippen LogP contribution in [0.5, 0.6) is 17.2 Å². The Morgan fingerprint density at radius 2 is 1.62 bits per heavy atom. The van der Waals surface area contributed by atoms with E-state index in [1.165, 1.54) is 0 Å². The van der Waals surface area contributed by atoms with Crippen LogP contribution >= 0.6 is 23.2 Å². The Morgan fingerprint density at radius 3 is 2.27 bits per heavy atom. The van der Waals surface area contributed by atoms with Crippen molar-refractivity contribution in [2.75, 3.05) is 19.8 Å². The summed E-state index contributed by atoms with van der Waals surface area (Å²) in [7, 11) is 0. The van der Waals surface area contributed by atoms with Crippen LogP contribution in [0.3, 0.4) is 0 Å². The highest BCUT2D eigenvalue weighted by atomic mass is 35.5. The molecule has 0 aromatic heterocycles. The van der Waals surface area contributed by atoms with Gasteiger partial charge in [0.05, 0.1) is 30.0 Å². The Bertz CT molecular complexity index is 1400. The predicted molar refractivity (Wildman–Crippen MR) is 160 cm³/mol. The maximum absolute atomic E-state index is 13.6. The number of fused-ring (bicyclic) bond motifs is 1. The molecule has 6 nitrogen and oxygen atoms in total. The third kappa shape index (κ3) is 6.29. The fourth-order valence-corrected chi connectivity index (χ4v) is 5.76. The van der Waals surface area contributed by atoms with Crippen LogP contribution in [0.25, 0.3) is 6.08 Å². The number of hydrazone groups is 1. The Kier molecular flexibility index (Phi) is 8.98. The van der Waals surface area contributed by atoms with Gasteiger partial charge in [-0.25, -0.2) is 5.01 Å². The molecule has 0 spiro atoms. The molecule has 3 aromatic carbocycles. The molecule has 2 aliphatic rings. The zero-order valence-corrected chi connectivity index (χ0v) is 24.1. The summed E-state index contributed by atoms with van der Waals surface area (Å²) in [6.07, 6.45) is 5.02. The highest BCUT2D eigenvalue weighted by Crippen LogP contribution is 2.45. The average Bonchev–Trinajstić information content (AvgIpc) is 3.35. The van der Waals surface area contributed by atoms with Crippen molar-refractivity contribution >= 4 is 40.9 Å². The molecule has 1 aliphatic carbocycles. The number of amides is 1. The van der Waals surface area contributed by atoms with Gasteiger partial charge in [0.25, 0.3) is 5.91 Å². The summed E-state index contributed by atoms with van der Waals surface area (Å²) >= 11 is 12.3. The van der Waals surface area contributed by atoms with E-state index >= 15 is 0 Å². The van der Waals surface area contributed by atoms with E-state index in [0.29, 0.717) is 29.0 Å². The topological polar surface area (TPSA) is 60.4 Å². The number of hydrogen-bond acceptors (Lipinski definition) is 5. The van der Waals surface area contributed by atoms with Gasteiger partial charge in [-0.3, -0.25) is 4.79 Å². The summed E-state index contributed by atoms with van der Waals surface area (Å²) in [5.74, 6) is 1.87. The molecule has 2 atom stereocenters. The molecule has 0 saturated heterocycles. The summed E-state index contributed by atoms with van der Waals surface area (Å²) in [5, 5.41) is 7.39. The molecule has 3 aromatic rings. The molecule has 0 N–H and O–H groups in total. The second kappa shape index (κ2) is 12.8. The Morgan fingerprint density at radius 1 is 0.950 bits per heavy atom. The standard InChI is InChI=1S/C32H32Cl2N2O4/c1-3-38-25-13-8-21(9-14-25)18-23-6-5-7-27-31(23)35-36(32(27)22-10-15-26(16-11-22)39-4-2)30(37)20-40-29-17-12-24(33)19-28(29)34/h8-19,27,32H,3-7,20H2,1-2H3/b23-18+. The molecule has 5 rings (SSSR count). The zero-order chi connectivity index (χ0) is 28.1. The lowest BCUT2D eigenvalue weighted by Gasteiger charge is -2.29. The lowest BCUT2D eigenvalue weighted by molar-refractivity contribution is -0.135. The summed E-state index contributed by atoms with van der Waals surface area (Å²) < 4.78 is 17.1. The zero-order valence-electron chi connectivity index (χ0n) is 22.6. The third-order valence-corrected chi connectivity index (χ3v) is 7.60. The summed E-state index contributed by atoms with van der Waals surface area (Å²) in [6, 6.07) is 20.7. The highest BCUT2D eigenvalue weighted by molar-refractivity contribution is 6.35. The minimum absolute atomic E-state index is 0.0729. The second-order valence-electron chi connectivity index (χ2n) is 9.70. The molecule has 1 heterocycles. The van der Waals surface area contributed by atoms with Gasteiger partial charge in [-0.15, -0.1) is 0 Å². The first-order valence-electron chi connectivity index (χ1n) is 13.6. The van der Waals surface area contributed by atoms with Crippen molar-refractivity contribution < 1.29 is 19.0 Å². The van der Waals surface area contributed by atoms with Crippen molar-refractivity contribution in [2.45, 2.75) is 39.2 Å². The molecule has 208 valence electrons.